The van der Waals surface area contributed by atoms with Gasteiger partial charge in [-0.1, -0.05) is 27.2 Å². The molecule has 3 nitrogen and oxygen atoms in total. The molecule has 2 rings (SSSR count). The number of nitrogens with one attached hydrogen (secondary N) is 1. The lowest BCUT2D eigenvalue weighted by atomic mass is 9.94. The fourth-order valence-electron chi connectivity index (χ4n) is 3.41. The Kier molecular flexibility index (Phi) is 6.09. The Balaban J connectivity index is 2.23. The van der Waals surface area contributed by atoms with Crippen molar-refractivity contribution >= 4 is 15.9 Å². The Hall–Kier alpha value is -0.350. The van der Waals surface area contributed by atoms with Crippen molar-refractivity contribution in [2.45, 2.75) is 65.5 Å². The van der Waals surface area contributed by atoms with E-state index in [0.717, 1.165) is 31.3 Å². The third kappa shape index (κ3) is 3.64. The monoisotopic (exact) mass is 341 g/mol. The Bertz CT molecular complexity index is 416. The molecule has 1 fully saturated rings. The van der Waals surface area contributed by atoms with Crippen molar-refractivity contribution in [1.29, 1.82) is 0 Å². The Morgan fingerprint density at radius 2 is 2.20 bits per heavy atom. The van der Waals surface area contributed by atoms with E-state index < -0.39 is 0 Å². The van der Waals surface area contributed by atoms with Gasteiger partial charge in [0.1, 0.15) is 0 Å². The molecule has 3 unspecified atom stereocenters. The second kappa shape index (κ2) is 7.60. The van der Waals surface area contributed by atoms with Gasteiger partial charge in [0.05, 0.1) is 22.4 Å². The molecule has 4 heteroatoms. The van der Waals surface area contributed by atoms with Crippen molar-refractivity contribution in [3.05, 3.63) is 16.4 Å². The van der Waals surface area contributed by atoms with Gasteiger partial charge >= 0.3 is 0 Å². The van der Waals surface area contributed by atoms with Gasteiger partial charge < -0.3 is 5.32 Å². The summed E-state index contributed by atoms with van der Waals surface area (Å²) in [5, 5.41) is 8.34. The molecule has 0 spiro atoms. The van der Waals surface area contributed by atoms with Crippen LogP contribution in [0.5, 0.6) is 0 Å². The van der Waals surface area contributed by atoms with E-state index in [-0.39, 0.29) is 0 Å². The number of hydrogen-bond acceptors (Lipinski definition) is 2. The first-order valence-corrected chi connectivity index (χ1v) is 8.91. The average Bonchev–Trinajstić information content (AvgIpc) is 3.00. The maximum Gasteiger partial charge on any atom is 0.0698 e. The lowest BCUT2D eigenvalue weighted by molar-refractivity contribution is 0.336. The molecule has 0 aromatic carbocycles. The van der Waals surface area contributed by atoms with Crippen molar-refractivity contribution in [3.63, 3.8) is 0 Å². The molecule has 1 N–H and O–H groups in total. The van der Waals surface area contributed by atoms with E-state index in [2.05, 4.69) is 51.8 Å². The highest BCUT2D eigenvalue weighted by Crippen LogP contribution is 2.40. The number of rotatable bonds is 7. The maximum absolute atomic E-state index is 4.55. The van der Waals surface area contributed by atoms with Crippen molar-refractivity contribution in [1.82, 2.24) is 15.1 Å². The zero-order chi connectivity index (χ0) is 14.5. The van der Waals surface area contributed by atoms with E-state index in [1.54, 1.807) is 0 Å². The predicted molar refractivity (Wildman–Crippen MR) is 87.8 cm³/mol. The quantitative estimate of drug-likeness (QED) is 0.789. The summed E-state index contributed by atoms with van der Waals surface area (Å²) in [4.78, 5) is 0. The molecule has 0 amide bonds. The van der Waals surface area contributed by atoms with E-state index in [0.29, 0.717) is 6.04 Å². The first kappa shape index (κ1) is 16.0. The zero-order valence-corrected chi connectivity index (χ0v) is 14.6. The van der Waals surface area contributed by atoms with Crippen LogP contribution in [0.3, 0.4) is 0 Å². The molecule has 0 bridgehead atoms. The summed E-state index contributed by atoms with van der Waals surface area (Å²) in [6.45, 7) is 8.92. The topological polar surface area (TPSA) is 29.9 Å². The van der Waals surface area contributed by atoms with Gasteiger partial charge in [-0.05, 0) is 60.0 Å². The summed E-state index contributed by atoms with van der Waals surface area (Å²) in [5.74, 6) is 1.62. The maximum atomic E-state index is 4.55. The molecule has 0 saturated heterocycles. The lowest BCUT2D eigenvalue weighted by Crippen LogP contribution is -2.30. The first-order valence-electron chi connectivity index (χ1n) is 8.11. The molecular formula is C16H28BrN3. The van der Waals surface area contributed by atoms with Gasteiger partial charge in [-0.2, -0.15) is 5.10 Å². The molecule has 1 saturated carbocycles. The Labute approximate surface area is 131 Å². The van der Waals surface area contributed by atoms with Crippen LogP contribution in [0.1, 0.15) is 64.6 Å². The summed E-state index contributed by atoms with van der Waals surface area (Å²) < 4.78 is 3.36. The van der Waals surface area contributed by atoms with Crippen LogP contribution < -0.4 is 5.32 Å². The molecule has 20 heavy (non-hydrogen) atoms. The van der Waals surface area contributed by atoms with Crippen molar-refractivity contribution in [2.24, 2.45) is 11.8 Å². The van der Waals surface area contributed by atoms with Crippen molar-refractivity contribution < 1.29 is 0 Å². The summed E-state index contributed by atoms with van der Waals surface area (Å²) in [6.07, 6.45) is 8.32. The Morgan fingerprint density at radius 3 is 2.80 bits per heavy atom. The molecule has 1 aliphatic rings. The van der Waals surface area contributed by atoms with Crippen molar-refractivity contribution in [3.8, 4) is 0 Å². The first-order chi connectivity index (χ1) is 9.67. The van der Waals surface area contributed by atoms with Crippen LogP contribution in [-0.4, -0.2) is 16.3 Å². The van der Waals surface area contributed by atoms with Crippen LogP contribution in [0.15, 0.2) is 10.7 Å². The minimum absolute atomic E-state index is 0.448. The van der Waals surface area contributed by atoms with Crippen LogP contribution in [0.2, 0.25) is 0 Å². The highest BCUT2D eigenvalue weighted by Gasteiger charge is 2.32. The molecule has 0 radical (unpaired) electrons. The van der Waals surface area contributed by atoms with Gasteiger partial charge in [0.15, 0.2) is 0 Å². The number of nitrogens with zero attached hydrogens (tertiary/aromatic N) is 2. The average molecular weight is 342 g/mol. The zero-order valence-electron chi connectivity index (χ0n) is 13.0. The minimum atomic E-state index is 0.448. The highest BCUT2D eigenvalue weighted by molar-refractivity contribution is 9.10. The third-order valence-electron chi connectivity index (χ3n) is 4.38. The van der Waals surface area contributed by atoms with E-state index >= 15 is 0 Å². The smallest absolute Gasteiger partial charge is 0.0698 e. The highest BCUT2D eigenvalue weighted by atomic mass is 79.9. The van der Waals surface area contributed by atoms with Crippen LogP contribution >= 0.6 is 15.9 Å². The van der Waals surface area contributed by atoms with Crippen LogP contribution in [0.25, 0.3) is 0 Å². The second-order valence-electron chi connectivity index (χ2n) is 6.21. The lowest BCUT2D eigenvalue weighted by Gasteiger charge is -2.26. The number of aryl methyl sites for hydroxylation is 1. The van der Waals surface area contributed by atoms with Crippen LogP contribution in [0.4, 0.5) is 0 Å². The number of halogens is 1. The van der Waals surface area contributed by atoms with E-state index in [4.69, 9.17) is 0 Å². The third-order valence-corrected chi connectivity index (χ3v) is 5.00. The summed E-state index contributed by atoms with van der Waals surface area (Å²) in [6, 6.07) is 0.448. The summed E-state index contributed by atoms with van der Waals surface area (Å²) >= 11 is 3.72. The van der Waals surface area contributed by atoms with Crippen LogP contribution in [0, 0.1) is 11.8 Å². The van der Waals surface area contributed by atoms with Gasteiger partial charge in [0.2, 0.25) is 0 Å². The largest absolute Gasteiger partial charge is 0.308 e. The summed E-state index contributed by atoms with van der Waals surface area (Å²) in [7, 11) is 0. The molecule has 1 heterocycles. The fourth-order valence-corrected chi connectivity index (χ4v) is 3.95. The molecule has 1 aromatic heterocycles. The summed E-state index contributed by atoms with van der Waals surface area (Å²) in [5.41, 5.74) is 1.36. The van der Waals surface area contributed by atoms with Gasteiger partial charge in [0.25, 0.3) is 0 Å². The molecule has 1 aromatic rings. The van der Waals surface area contributed by atoms with Crippen LogP contribution in [-0.2, 0) is 6.54 Å². The molecule has 114 valence electrons. The van der Waals surface area contributed by atoms with E-state index in [9.17, 15) is 0 Å². The molecular weight excluding hydrogens is 314 g/mol. The van der Waals surface area contributed by atoms with Gasteiger partial charge in [-0.25, -0.2) is 0 Å². The number of aromatic nitrogens is 2. The second-order valence-corrected chi connectivity index (χ2v) is 7.07. The predicted octanol–water partition coefficient (Wildman–Crippen LogP) is 4.53. The molecule has 0 aliphatic heterocycles. The normalized spacial score (nSPS) is 24.2. The van der Waals surface area contributed by atoms with Crippen molar-refractivity contribution in [2.75, 3.05) is 6.54 Å². The SMILES string of the molecule is CCCNC(c1c(Br)cnn1CCC)C1CCC(C)C1. The number of hydrogen-bond donors (Lipinski definition) is 1. The minimum Gasteiger partial charge on any atom is -0.308 e. The standard InChI is InChI=1S/C16H28BrN3/c1-4-8-18-15(13-7-6-12(3)10-13)16-14(17)11-19-20(16)9-5-2/h11-13,15,18H,4-10H2,1-3H3. The van der Waals surface area contributed by atoms with Gasteiger partial charge in [-0.15, -0.1) is 0 Å². The Morgan fingerprint density at radius 1 is 1.40 bits per heavy atom. The van der Waals surface area contributed by atoms with E-state index in [1.165, 1.54) is 35.8 Å². The van der Waals surface area contributed by atoms with Gasteiger partial charge in [0, 0.05) is 6.54 Å². The van der Waals surface area contributed by atoms with Gasteiger partial charge in [-0.3, -0.25) is 4.68 Å². The fraction of sp³-hybridized carbons (Fsp3) is 0.812. The molecule has 3 atom stereocenters. The van der Waals surface area contributed by atoms with E-state index in [1.807, 2.05) is 6.20 Å². The molecule has 1 aliphatic carbocycles.